The first-order valence-corrected chi connectivity index (χ1v) is 6.96. The maximum atomic E-state index is 11.0. The van der Waals surface area contributed by atoms with Crippen molar-refractivity contribution in [3.05, 3.63) is 67.1 Å². The number of ether oxygens (including phenoxy) is 1. The van der Waals surface area contributed by atoms with Crippen LogP contribution in [-0.4, -0.2) is 4.92 Å². The Morgan fingerprint density at radius 2 is 2.05 bits per heavy atom. The average molecular weight is 357 g/mol. The standard InChI is InChI=1S/C14H11BrClNO3/c1-9-6-12(4-5-13(9)15)20-8-10-2-3-11(16)7-14(10)17(18)19/h2-7H,8H2,1H3. The second kappa shape index (κ2) is 6.24. The summed E-state index contributed by atoms with van der Waals surface area (Å²) in [7, 11) is 0. The van der Waals surface area contributed by atoms with Crippen LogP contribution in [0.4, 0.5) is 5.69 Å². The van der Waals surface area contributed by atoms with Gasteiger partial charge in [-0.2, -0.15) is 0 Å². The largest absolute Gasteiger partial charge is 0.489 e. The summed E-state index contributed by atoms with van der Waals surface area (Å²) in [5, 5.41) is 11.3. The number of hydrogen-bond donors (Lipinski definition) is 0. The van der Waals surface area contributed by atoms with E-state index in [1.807, 2.05) is 19.1 Å². The molecule has 4 nitrogen and oxygen atoms in total. The number of benzene rings is 2. The van der Waals surface area contributed by atoms with Gasteiger partial charge in [0.15, 0.2) is 0 Å². The molecule has 0 aliphatic carbocycles. The quantitative estimate of drug-likeness (QED) is 0.578. The van der Waals surface area contributed by atoms with Gasteiger partial charge in [-0.1, -0.05) is 27.5 Å². The molecule has 0 saturated heterocycles. The van der Waals surface area contributed by atoms with E-state index in [2.05, 4.69) is 15.9 Å². The van der Waals surface area contributed by atoms with E-state index in [1.54, 1.807) is 18.2 Å². The van der Waals surface area contributed by atoms with Crippen LogP contribution in [0.2, 0.25) is 5.02 Å². The minimum atomic E-state index is -0.461. The van der Waals surface area contributed by atoms with Crippen molar-refractivity contribution in [2.45, 2.75) is 13.5 Å². The third-order valence-electron chi connectivity index (χ3n) is 2.77. The van der Waals surface area contributed by atoms with Gasteiger partial charge >= 0.3 is 0 Å². The average Bonchev–Trinajstić information content (AvgIpc) is 2.41. The van der Waals surface area contributed by atoms with Gasteiger partial charge in [-0.3, -0.25) is 10.1 Å². The summed E-state index contributed by atoms with van der Waals surface area (Å²) >= 11 is 9.17. The van der Waals surface area contributed by atoms with Crippen LogP contribution in [0.25, 0.3) is 0 Å². The second-order valence-corrected chi connectivity index (χ2v) is 5.52. The molecule has 0 spiro atoms. The zero-order valence-electron chi connectivity index (χ0n) is 10.6. The van der Waals surface area contributed by atoms with Gasteiger partial charge in [-0.05, 0) is 42.8 Å². The number of hydrogen-bond acceptors (Lipinski definition) is 3. The lowest BCUT2D eigenvalue weighted by molar-refractivity contribution is -0.385. The summed E-state index contributed by atoms with van der Waals surface area (Å²) in [6.45, 7) is 2.07. The van der Waals surface area contributed by atoms with E-state index in [0.29, 0.717) is 16.3 Å². The van der Waals surface area contributed by atoms with Crippen LogP contribution in [0.1, 0.15) is 11.1 Å². The molecule has 0 saturated carbocycles. The Hall–Kier alpha value is -1.59. The molecule has 0 aliphatic rings. The van der Waals surface area contributed by atoms with Crippen molar-refractivity contribution in [1.29, 1.82) is 0 Å². The van der Waals surface area contributed by atoms with E-state index in [1.165, 1.54) is 6.07 Å². The molecule has 20 heavy (non-hydrogen) atoms. The molecule has 104 valence electrons. The Labute approximate surface area is 129 Å². The van der Waals surface area contributed by atoms with Crippen molar-refractivity contribution in [1.82, 2.24) is 0 Å². The van der Waals surface area contributed by atoms with Gasteiger partial charge in [0.2, 0.25) is 0 Å². The Bertz CT molecular complexity index is 661. The summed E-state index contributed by atoms with van der Waals surface area (Å²) in [6.07, 6.45) is 0. The van der Waals surface area contributed by atoms with Crippen LogP contribution in [-0.2, 0) is 6.61 Å². The number of halogens is 2. The molecular formula is C14H11BrClNO3. The van der Waals surface area contributed by atoms with Gasteiger partial charge in [0.05, 0.1) is 10.5 Å². The predicted octanol–water partition coefficient (Wildman–Crippen LogP) is 4.90. The van der Waals surface area contributed by atoms with Crippen LogP contribution in [0.3, 0.4) is 0 Å². The first-order valence-electron chi connectivity index (χ1n) is 5.79. The van der Waals surface area contributed by atoms with Gasteiger partial charge in [0.1, 0.15) is 12.4 Å². The molecule has 0 radical (unpaired) electrons. The van der Waals surface area contributed by atoms with Crippen LogP contribution < -0.4 is 4.74 Å². The summed E-state index contributed by atoms with van der Waals surface area (Å²) in [4.78, 5) is 10.5. The van der Waals surface area contributed by atoms with E-state index in [-0.39, 0.29) is 12.3 Å². The molecule has 0 amide bonds. The SMILES string of the molecule is Cc1cc(OCc2ccc(Cl)cc2[N+](=O)[O-])ccc1Br. The van der Waals surface area contributed by atoms with Gasteiger partial charge in [-0.25, -0.2) is 0 Å². The Morgan fingerprint density at radius 3 is 2.70 bits per heavy atom. The van der Waals surface area contributed by atoms with Crippen LogP contribution in [0.5, 0.6) is 5.75 Å². The highest BCUT2D eigenvalue weighted by Crippen LogP contribution is 2.26. The number of nitro groups is 1. The van der Waals surface area contributed by atoms with Crippen LogP contribution in [0.15, 0.2) is 40.9 Å². The highest BCUT2D eigenvalue weighted by Gasteiger charge is 2.14. The van der Waals surface area contributed by atoms with E-state index in [9.17, 15) is 10.1 Å². The monoisotopic (exact) mass is 355 g/mol. The van der Waals surface area contributed by atoms with Crippen LogP contribution >= 0.6 is 27.5 Å². The molecule has 0 aromatic heterocycles. The molecular weight excluding hydrogens is 346 g/mol. The molecule has 2 rings (SSSR count). The third kappa shape index (κ3) is 3.49. The number of rotatable bonds is 4. The summed E-state index contributed by atoms with van der Waals surface area (Å²) in [6, 6.07) is 10.1. The van der Waals surface area contributed by atoms with Gasteiger partial charge < -0.3 is 4.74 Å². The first-order chi connectivity index (χ1) is 9.47. The predicted molar refractivity (Wildman–Crippen MR) is 81.3 cm³/mol. The summed E-state index contributed by atoms with van der Waals surface area (Å²) in [5.74, 6) is 0.662. The second-order valence-electron chi connectivity index (χ2n) is 4.23. The minimum absolute atomic E-state index is 0.0358. The smallest absolute Gasteiger partial charge is 0.277 e. The summed E-state index contributed by atoms with van der Waals surface area (Å²) < 4.78 is 6.58. The van der Waals surface area contributed by atoms with Crippen molar-refractivity contribution in [2.75, 3.05) is 0 Å². The molecule has 6 heteroatoms. The Morgan fingerprint density at radius 1 is 1.30 bits per heavy atom. The van der Waals surface area contributed by atoms with E-state index >= 15 is 0 Å². The first kappa shape index (κ1) is 14.8. The number of aryl methyl sites for hydroxylation is 1. The number of nitro benzene ring substituents is 1. The molecule has 0 N–H and O–H groups in total. The maximum Gasteiger partial charge on any atom is 0.277 e. The van der Waals surface area contributed by atoms with Crippen molar-refractivity contribution in [3.63, 3.8) is 0 Å². The highest BCUT2D eigenvalue weighted by atomic mass is 79.9. The third-order valence-corrected chi connectivity index (χ3v) is 3.89. The lowest BCUT2D eigenvalue weighted by Crippen LogP contribution is -2.00. The summed E-state index contributed by atoms with van der Waals surface area (Å²) in [5.41, 5.74) is 1.49. The topological polar surface area (TPSA) is 52.4 Å². The molecule has 0 atom stereocenters. The van der Waals surface area contributed by atoms with Gasteiger partial charge in [-0.15, -0.1) is 0 Å². The molecule has 0 bridgehead atoms. The highest BCUT2D eigenvalue weighted by molar-refractivity contribution is 9.10. The molecule has 0 unspecified atom stereocenters. The fourth-order valence-electron chi connectivity index (χ4n) is 1.70. The van der Waals surface area contributed by atoms with Crippen molar-refractivity contribution in [3.8, 4) is 5.75 Å². The molecule has 2 aromatic carbocycles. The lowest BCUT2D eigenvalue weighted by Gasteiger charge is -2.08. The van der Waals surface area contributed by atoms with Crippen molar-refractivity contribution >= 4 is 33.2 Å². The van der Waals surface area contributed by atoms with Crippen molar-refractivity contribution in [2.24, 2.45) is 0 Å². The van der Waals surface area contributed by atoms with Gasteiger partial charge in [0.25, 0.3) is 5.69 Å². The molecule has 0 fully saturated rings. The van der Waals surface area contributed by atoms with E-state index in [4.69, 9.17) is 16.3 Å². The Balaban J connectivity index is 2.18. The molecule has 0 heterocycles. The Kier molecular flexibility index (Phi) is 4.62. The van der Waals surface area contributed by atoms with Crippen molar-refractivity contribution < 1.29 is 9.66 Å². The van der Waals surface area contributed by atoms with Crippen LogP contribution in [0, 0.1) is 17.0 Å². The minimum Gasteiger partial charge on any atom is -0.489 e. The normalized spacial score (nSPS) is 10.3. The van der Waals surface area contributed by atoms with E-state index < -0.39 is 4.92 Å². The zero-order valence-corrected chi connectivity index (χ0v) is 12.9. The van der Waals surface area contributed by atoms with E-state index in [0.717, 1.165) is 10.0 Å². The fourth-order valence-corrected chi connectivity index (χ4v) is 2.11. The molecule has 2 aromatic rings. The zero-order chi connectivity index (χ0) is 14.7. The van der Waals surface area contributed by atoms with Gasteiger partial charge in [0, 0.05) is 15.6 Å². The molecule has 0 aliphatic heterocycles. The fraction of sp³-hybridized carbons (Fsp3) is 0.143. The lowest BCUT2D eigenvalue weighted by atomic mass is 10.2. The number of nitrogens with zero attached hydrogens (tertiary/aromatic N) is 1. The maximum absolute atomic E-state index is 11.0.